The summed E-state index contributed by atoms with van der Waals surface area (Å²) in [6, 6.07) is 8.45. The van der Waals surface area contributed by atoms with Gasteiger partial charge in [0.05, 0.1) is 0 Å². The molecule has 0 saturated carbocycles. The quantitative estimate of drug-likeness (QED) is 0.489. The second-order valence-corrected chi connectivity index (χ2v) is 5.67. The van der Waals surface area contributed by atoms with Gasteiger partial charge in [0.2, 0.25) is 0 Å². The van der Waals surface area contributed by atoms with Crippen LogP contribution in [0.25, 0.3) is 0 Å². The van der Waals surface area contributed by atoms with Crippen LogP contribution in [0.3, 0.4) is 0 Å². The Balaban J connectivity index is 0.000000896. The van der Waals surface area contributed by atoms with Crippen LogP contribution in [0.1, 0.15) is 31.7 Å². The molecule has 0 fully saturated rings. The van der Waals surface area contributed by atoms with Crippen molar-refractivity contribution in [2.75, 3.05) is 26.2 Å². The van der Waals surface area contributed by atoms with Gasteiger partial charge in [-0.05, 0) is 30.0 Å². The van der Waals surface area contributed by atoms with Gasteiger partial charge >= 0.3 is 11.9 Å². The minimum Gasteiger partial charge on any atom is -0.492 e. The zero-order chi connectivity index (χ0) is 19.9. The van der Waals surface area contributed by atoms with Gasteiger partial charge in [-0.25, -0.2) is 9.59 Å². The molecule has 0 radical (unpaired) electrons. The maximum atomic E-state index is 9.10. The molecule has 0 amide bonds. The van der Waals surface area contributed by atoms with E-state index in [0.29, 0.717) is 12.5 Å². The van der Waals surface area contributed by atoms with Gasteiger partial charge in [0, 0.05) is 19.6 Å². The molecular formula is C20H29NO5. The van der Waals surface area contributed by atoms with E-state index in [1.165, 1.54) is 5.56 Å². The van der Waals surface area contributed by atoms with Crippen molar-refractivity contribution in [3.63, 3.8) is 0 Å². The minimum atomic E-state index is -1.82. The Labute approximate surface area is 155 Å². The van der Waals surface area contributed by atoms with E-state index in [2.05, 4.69) is 56.2 Å². The number of carboxylic acid groups (broad SMARTS) is 2. The van der Waals surface area contributed by atoms with Gasteiger partial charge in [-0.15, -0.1) is 13.2 Å². The standard InChI is InChI=1S/C18H27NO.C2H2O4/c1-5-12-19(13-6-2)14-15-20-18-10-8-17(9-11-18)16(4)7-3;3-1(4)2(5)6/h5-6,8-11,16H,1-2,7,12-15H2,3-4H3;(H,3,4)(H,5,6). The van der Waals surface area contributed by atoms with Crippen molar-refractivity contribution in [3.8, 4) is 5.75 Å². The smallest absolute Gasteiger partial charge is 0.414 e. The highest BCUT2D eigenvalue weighted by Gasteiger charge is 2.04. The Morgan fingerprint density at radius 3 is 2.00 bits per heavy atom. The summed E-state index contributed by atoms with van der Waals surface area (Å²) in [4.78, 5) is 20.4. The minimum absolute atomic E-state index is 0.611. The fraction of sp³-hybridized carbons (Fsp3) is 0.400. The molecule has 1 aromatic carbocycles. The molecule has 1 rings (SSSR count). The van der Waals surface area contributed by atoms with Crippen LogP contribution in [0, 0.1) is 0 Å². The molecule has 6 nitrogen and oxygen atoms in total. The lowest BCUT2D eigenvalue weighted by Gasteiger charge is -2.19. The molecule has 2 N–H and O–H groups in total. The maximum Gasteiger partial charge on any atom is 0.414 e. The van der Waals surface area contributed by atoms with E-state index in [4.69, 9.17) is 24.5 Å². The summed E-state index contributed by atoms with van der Waals surface area (Å²) in [7, 11) is 0. The van der Waals surface area contributed by atoms with Crippen LogP contribution >= 0.6 is 0 Å². The number of aliphatic carboxylic acids is 2. The normalized spacial score (nSPS) is 11.0. The van der Waals surface area contributed by atoms with Gasteiger partial charge in [0.25, 0.3) is 0 Å². The number of carbonyl (C=O) groups is 2. The fourth-order valence-electron chi connectivity index (χ4n) is 2.04. The fourth-order valence-corrected chi connectivity index (χ4v) is 2.04. The van der Waals surface area contributed by atoms with E-state index in [1.54, 1.807) is 0 Å². The van der Waals surface area contributed by atoms with Crippen molar-refractivity contribution < 1.29 is 24.5 Å². The summed E-state index contributed by atoms with van der Waals surface area (Å²) in [5.74, 6) is -2.10. The highest BCUT2D eigenvalue weighted by molar-refractivity contribution is 6.27. The van der Waals surface area contributed by atoms with Crippen molar-refractivity contribution in [1.82, 2.24) is 4.90 Å². The second kappa shape index (κ2) is 13.7. The van der Waals surface area contributed by atoms with E-state index in [0.717, 1.165) is 31.8 Å². The van der Waals surface area contributed by atoms with Crippen molar-refractivity contribution >= 4 is 11.9 Å². The Bertz CT molecular complexity index is 546. The lowest BCUT2D eigenvalue weighted by atomic mass is 9.99. The maximum absolute atomic E-state index is 9.10. The predicted molar refractivity (Wildman–Crippen MR) is 103 cm³/mol. The van der Waals surface area contributed by atoms with Crippen LogP contribution in [0.2, 0.25) is 0 Å². The third-order valence-corrected chi connectivity index (χ3v) is 3.70. The molecule has 6 heteroatoms. The molecule has 0 aliphatic rings. The summed E-state index contributed by atoms with van der Waals surface area (Å²) in [5, 5.41) is 14.8. The largest absolute Gasteiger partial charge is 0.492 e. The number of nitrogens with zero attached hydrogens (tertiary/aromatic N) is 1. The lowest BCUT2D eigenvalue weighted by molar-refractivity contribution is -0.159. The monoisotopic (exact) mass is 363 g/mol. The van der Waals surface area contributed by atoms with E-state index in [9.17, 15) is 0 Å². The Morgan fingerprint density at radius 2 is 1.62 bits per heavy atom. The van der Waals surface area contributed by atoms with E-state index >= 15 is 0 Å². The van der Waals surface area contributed by atoms with E-state index in [1.807, 2.05) is 12.2 Å². The number of carboxylic acids is 2. The number of hydrogen-bond acceptors (Lipinski definition) is 4. The number of rotatable bonds is 10. The molecule has 0 saturated heterocycles. The van der Waals surface area contributed by atoms with Crippen LogP contribution in [0.4, 0.5) is 0 Å². The molecule has 26 heavy (non-hydrogen) atoms. The van der Waals surface area contributed by atoms with Gasteiger partial charge in [0.1, 0.15) is 12.4 Å². The van der Waals surface area contributed by atoms with Crippen LogP contribution in [0.15, 0.2) is 49.6 Å². The number of hydrogen-bond donors (Lipinski definition) is 2. The molecular weight excluding hydrogens is 334 g/mol. The van der Waals surface area contributed by atoms with Gasteiger partial charge < -0.3 is 14.9 Å². The van der Waals surface area contributed by atoms with E-state index in [-0.39, 0.29) is 0 Å². The summed E-state index contributed by atoms with van der Waals surface area (Å²) < 4.78 is 5.79. The van der Waals surface area contributed by atoms with Crippen molar-refractivity contribution in [1.29, 1.82) is 0 Å². The molecule has 1 aromatic rings. The SMILES string of the molecule is C=CCN(CC=C)CCOc1ccc(C(C)CC)cc1.O=C(O)C(=O)O. The Hall–Kier alpha value is -2.60. The Kier molecular flexibility index (Phi) is 12.3. The third-order valence-electron chi connectivity index (χ3n) is 3.70. The molecule has 1 unspecified atom stereocenters. The highest BCUT2D eigenvalue weighted by Crippen LogP contribution is 2.21. The van der Waals surface area contributed by atoms with Gasteiger partial charge in [-0.2, -0.15) is 0 Å². The van der Waals surface area contributed by atoms with Gasteiger partial charge in [0.15, 0.2) is 0 Å². The molecule has 144 valence electrons. The first-order chi connectivity index (χ1) is 12.3. The molecule has 0 aliphatic carbocycles. The Morgan fingerprint density at radius 1 is 1.12 bits per heavy atom. The first kappa shape index (κ1) is 23.4. The molecule has 1 atom stereocenters. The first-order valence-corrected chi connectivity index (χ1v) is 8.48. The summed E-state index contributed by atoms with van der Waals surface area (Å²) in [5.41, 5.74) is 1.37. The highest BCUT2D eigenvalue weighted by atomic mass is 16.5. The first-order valence-electron chi connectivity index (χ1n) is 8.48. The summed E-state index contributed by atoms with van der Waals surface area (Å²) >= 11 is 0. The van der Waals surface area contributed by atoms with Gasteiger partial charge in [-0.3, -0.25) is 4.90 Å². The summed E-state index contributed by atoms with van der Waals surface area (Å²) in [6.07, 6.45) is 4.98. The average molecular weight is 363 g/mol. The third kappa shape index (κ3) is 10.3. The van der Waals surface area contributed by atoms with Crippen LogP contribution in [0.5, 0.6) is 5.75 Å². The zero-order valence-corrected chi connectivity index (χ0v) is 15.6. The molecule has 0 heterocycles. The van der Waals surface area contributed by atoms with E-state index < -0.39 is 11.9 Å². The number of benzene rings is 1. The average Bonchev–Trinajstić information content (AvgIpc) is 2.62. The molecule has 0 bridgehead atoms. The lowest BCUT2D eigenvalue weighted by Crippen LogP contribution is -2.28. The molecule has 0 aliphatic heterocycles. The van der Waals surface area contributed by atoms with Crippen molar-refractivity contribution in [3.05, 3.63) is 55.1 Å². The van der Waals surface area contributed by atoms with Crippen LogP contribution in [-0.2, 0) is 9.59 Å². The van der Waals surface area contributed by atoms with Gasteiger partial charge in [-0.1, -0.05) is 38.1 Å². The molecule has 0 aromatic heterocycles. The van der Waals surface area contributed by atoms with Crippen molar-refractivity contribution in [2.24, 2.45) is 0 Å². The number of ether oxygens (including phenoxy) is 1. The summed E-state index contributed by atoms with van der Waals surface area (Å²) in [6.45, 7) is 15.3. The molecule has 0 spiro atoms. The van der Waals surface area contributed by atoms with Crippen LogP contribution < -0.4 is 4.74 Å². The van der Waals surface area contributed by atoms with Crippen molar-refractivity contribution in [2.45, 2.75) is 26.2 Å². The zero-order valence-electron chi connectivity index (χ0n) is 15.6. The predicted octanol–water partition coefficient (Wildman–Crippen LogP) is 3.41. The van der Waals surface area contributed by atoms with Crippen LogP contribution in [-0.4, -0.2) is 53.3 Å². The topological polar surface area (TPSA) is 87.1 Å². The second-order valence-electron chi connectivity index (χ2n) is 5.67.